The lowest BCUT2D eigenvalue weighted by molar-refractivity contribution is -0.125. The molecule has 0 aliphatic rings. The molecular weight excluding hydrogens is 274 g/mol. The van der Waals surface area contributed by atoms with E-state index in [0.29, 0.717) is 6.54 Å². The Balaban J connectivity index is 1.95. The Morgan fingerprint density at radius 1 is 1.09 bits per heavy atom. The Morgan fingerprint density at radius 3 is 2.32 bits per heavy atom. The second-order valence-corrected chi connectivity index (χ2v) is 5.29. The van der Waals surface area contributed by atoms with Gasteiger partial charge in [0, 0.05) is 19.7 Å². The van der Waals surface area contributed by atoms with Gasteiger partial charge in [0.25, 0.3) is 0 Å². The molecule has 0 unspecified atom stereocenters. The quantitative estimate of drug-likeness (QED) is 0.788. The fourth-order valence-electron chi connectivity index (χ4n) is 2.06. The van der Waals surface area contributed by atoms with Crippen molar-refractivity contribution in [2.75, 3.05) is 14.2 Å². The summed E-state index contributed by atoms with van der Waals surface area (Å²) in [4.78, 5) is 13.8. The van der Waals surface area contributed by atoms with E-state index in [1.807, 2.05) is 42.5 Å². The van der Waals surface area contributed by atoms with E-state index in [4.69, 9.17) is 4.74 Å². The van der Waals surface area contributed by atoms with Crippen molar-refractivity contribution in [3.63, 3.8) is 0 Å². The number of amides is 1. The van der Waals surface area contributed by atoms with Crippen LogP contribution in [0, 0.1) is 6.92 Å². The van der Waals surface area contributed by atoms with Gasteiger partial charge in [-0.1, -0.05) is 42.0 Å². The summed E-state index contributed by atoms with van der Waals surface area (Å²) in [6, 6.07) is 15.8. The van der Waals surface area contributed by atoms with Gasteiger partial charge in [-0.3, -0.25) is 4.79 Å². The Hall–Kier alpha value is -2.55. The maximum atomic E-state index is 12.1. The molecule has 0 fully saturated rings. The highest BCUT2D eigenvalue weighted by Crippen LogP contribution is 2.12. The van der Waals surface area contributed by atoms with E-state index in [9.17, 15) is 4.79 Å². The monoisotopic (exact) mass is 295 g/mol. The molecule has 0 aromatic heterocycles. The van der Waals surface area contributed by atoms with Crippen molar-refractivity contribution >= 4 is 12.0 Å². The normalized spacial score (nSPS) is 10.7. The lowest BCUT2D eigenvalue weighted by atomic mass is 10.1. The van der Waals surface area contributed by atoms with Gasteiger partial charge in [-0.05, 0) is 36.3 Å². The minimum absolute atomic E-state index is 0.0172. The van der Waals surface area contributed by atoms with Crippen LogP contribution in [0.15, 0.2) is 54.6 Å². The first kappa shape index (κ1) is 15.8. The number of nitrogens with zero attached hydrogens (tertiary/aromatic N) is 1. The highest BCUT2D eigenvalue weighted by Gasteiger charge is 2.05. The fourth-order valence-corrected chi connectivity index (χ4v) is 2.06. The Kier molecular flexibility index (Phi) is 5.37. The lowest BCUT2D eigenvalue weighted by Crippen LogP contribution is -2.24. The summed E-state index contributed by atoms with van der Waals surface area (Å²) in [5.74, 6) is 0.788. The first-order chi connectivity index (χ1) is 10.6. The zero-order valence-corrected chi connectivity index (χ0v) is 13.2. The Morgan fingerprint density at radius 2 is 1.73 bits per heavy atom. The molecule has 0 N–H and O–H groups in total. The number of ether oxygens (including phenoxy) is 1. The predicted octanol–water partition coefficient (Wildman–Crippen LogP) is 3.68. The number of hydrogen-bond donors (Lipinski definition) is 0. The van der Waals surface area contributed by atoms with Crippen molar-refractivity contribution in [1.82, 2.24) is 4.90 Å². The standard InChI is InChI=1S/C19H21NO2/c1-15-4-6-17(7-5-15)14-20(2)19(21)13-10-16-8-11-18(22-3)12-9-16/h4-13H,14H2,1-3H3/b13-10+. The SMILES string of the molecule is COc1ccc(/C=C/C(=O)N(C)Cc2ccc(C)cc2)cc1. The highest BCUT2D eigenvalue weighted by molar-refractivity contribution is 5.91. The van der Waals surface area contributed by atoms with Gasteiger partial charge < -0.3 is 9.64 Å². The van der Waals surface area contributed by atoms with Crippen molar-refractivity contribution in [3.05, 3.63) is 71.3 Å². The van der Waals surface area contributed by atoms with Gasteiger partial charge in [0.05, 0.1) is 7.11 Å². The Labute approximate surface area is 131 Å². The summed E-state index contributed by atoms with van der Waals surface area (Å²) in [5, 5.41) is 0. The van der Waals surface area contributed by atoms with Crippen LogP contribution in [0.25, 0.3) is 6.08 Å². The van der Waals surface area contributed by atoms with Crippen molar-refractivity contribution in [2.45, 2.75) is 13.5 Å². The molecule has 2 rings (SSSR count). The number of rotatable bonds is 5. The average Bonchev–Trinajstić information content (AvgIpc) is 2.55. The second-order valence-electron chi connectivity index (χ2n) is 5.29. The molecule has 2 aromatic carbocycles. The minimum Gasteiger partial charge on any atom is -0.497 e. The van der Waals surface area contributed by atoms with Gasteiger partial charge in [-0.2, -0.15) is 0 Å². The largest absolute Gasteiger partial charge is 0.497 e. The lowest BCUT2D eigenvalue weighted by Gasteiger charge is -2.15. The molecule has 0 spiro atoms. The van der Waals surface area contributed by atoms with Crippen LogP contribution in [0.1, 0.15) is 16.7 Å². The van der Waals surface area contributed by atoms with Gasteiger partial charge in [0.1, 0.15) is 5.75 Å². The third kappa shape index (κ3) is 4.48. The van der Waals surface area contributed by atoms with Crippen LogP contribution in [0.3, 0.4) is 0 Å². The average molecular weight is 295 g/mol. The molecule has 22 heavy (non-hydrogen) atoms. The topological polar surface area (TPSA) is 29.5 Å². The van der Waals surface area contributed by atoms with Gasteiger partial charge >= 0.3 is 0 Å². The highest BCUT2D eigenvalue weighted by atomic mass is 16.5. The van der Waals surface area contributed by atoms with Gasteiger partial charge in [-0.15, -0.1) is 0 Å². The van der Waals surface area contributed by atoms with Crippen molar-refractivity contribution in [1.29, 1.82) is 0 Å². The van der Waals surface area contributed by atoms with Crippen LogP contribution in [-0.4, -0.2) is 25.0 Å². The Bertz CT molecular complexity index is 642. The van der Waals surface area contributed by atoms with Gasteiger partial charge in [0.2, 0.25) is 5.91 Å². The number of benzene rings is 2. The molecule has 0 atom stereocenters. The summed E-state index contributed by atoms with van der Waals surface area (Å²) in [6.07, 6.45) is 3.41. The molecule has 0 aliphatic heterocycles. The van der Waals surface area contributed by atoms with Crippen LogP contribution < -0.4 is 4.74 Å². The van der Waals surface area contributed by atoms with Crippen LogP contribution in [0.5, 0.6) is 5.75 Å². The molecular formula is C19H21NO2. The van der Waals surface area contributed by atoms with Gasteiger partial charge in [0.15, 0.2) is 0 Å². The number of carbonyl (C=O) groups is 1. The summed E-state index contributed by atoms with van der Waals surface area (Å²) in [6.45, 7) is 2.66. The van der Waals surface area contributed by atoms with E-state index in [-0.39, 0.29) is 5.91 Å². The molecule has 3 nitrogen and oxygen atoms in total. The maximum absolute atomic E-state index is 12.1. The molecule has 3 heteroatoms. The fraction of sp³-hybridized carbons (Fsp3) is 0.211. The minimum atomic E-state index is -0.0172. The number of carbonyl (C=O) groups excluding carboxylic acids is 1. The number of likely N-dealkylation sites (N-methyl/N-ethyl adjacent to an activating group) is 1. The van der Waals surface area contributed by atoms with Crippen molar-refractivity contribution in [3.8, 4) is 5.75 Å². The molecule has 0 radical (unpaired) electrons. The molecule has 2 aromatic rings. The van der Waals surface area contributed by atoms with Crippen LogP contribution in [0.2, 0.25) is 0 Å². The predicted molar refractivity (Wildman–Crippen MR) is 89.7 cm³/mol. The van der Waals surface area contributed by atoms with Gasteiger partial charge in [-0.25, -0.2) is 0 Å². The van der Waals surface area contributed by atoms with Crippen LogP contribution in [-0.2, 0) is 11.3 Å². The van der Waals surface area contributed by atoms with E-state index in [2.05, 4.69) is 19.1 Å². The molecule has 0 aliphatic carbocycles. The van der Waals surface area contributed by atoms with E-state index in [1.165, 1.54) is 5.56 Å². The van der Waals surface area contributed by atoms with E-state index >= 15 is 0 Å². The summed E-state index contributed by atoms with van der Waals surface area (Å²) < 4.78 is 5.11. The molecule has 0 saturated carbocycles. The molecule has 0 bridgehead atoms. The van der Waals surface area contributed by atoms with Crippen molar-refractivity contribution in [2.24, 2.45) is 0 Å². The number of hydrogen-bond acceptors (Lipinski definition) is 2. The molecule has 0 heterocycles. The first-order valence-electron chi connectivity index (χ1n) is 7.21. The summed E-state index contributed by atoms with van der Waals surface area (Å²) in [7, 11) is 3.44. The third-order valence-corrected chi connectivity index (χ3v) is 3.45. The van der Waals surface area contributed by atoms with Crippen LogP contribution in [0.4, 0.5) is 0 Å². The van der Waals surface area contributed by atoms with E-state index < -0.39 is 0 Å². The summed E-state index contributed by atoms with van der Waals surface area (Å²) >= 11 is 0. The second kappa shape index (κ2) is 7.46. The first-order valence-corrected chi connectivity index (χ1v) is 7.21. The van der Waals surface area contributed by atoms with E-state index in [1.54, 1.807) is 25.1 Å². The van der Waals surface area contributed by atoms with Crippen molar-refractivity contribution < 1.29 is 9.53 Å². The zero-order valence-electron chi connectivity index (χ0n) is 13.2. The van der Waals surface area contributed by atoms with E-state index in [0.717, 1.165) is 16.9 Å². The smallest absolute Gasteiger partial charge is 0.246 e. The molecule has 0 saturated heterocycles. The maximum Gasteiger partial charge on any atom is 0.246 e. The third-order valence-electron chi connectivity index (χ3n) is 3.45. The number of methoxy groups -OCH3 is 1. The molecule has 1 amide bonds. The molecule has 114 valence electrons. The number of aryl methyl sites for hydroxylation is 1. The van der Waals surface area contributed by atoms with Crippen LogP contribution >= 0.6 is 0 Å². The zero-order chi connectivity index (χ0) is 15.9. The summed E-state index contributed by atoms with van der Waals surface area (Å²) in [5.41, 5.74) is 3.31.